The van der Waals surface area contributed by atoms with E-state index in [9.17, 15) is 4.79 Å². The van der Waals surface area contributed by atoms with Crippen LogP contribution in [-0.2, 0) is 0 Å². The van der Waals surface area contributed by atoms with Crippen LogP contribution in [0, 0.1) is 11.3 Å². The summed E-state index contributed by atoms with van der Waals surface area (Å²) in [5.74, 6) is 0. The number of amides is 2. The molecular weight excluding hydrogens is 220 g/mol. The number of anilines is 1. The molecular formula is C7H8N4OS2. The van der Waals surface area contributed by atoms with Crippen molar-refractivity contribution in [1.82, 2.24) is 9.27 Å². The van der Waals surface area contributed by atoms with Gasteiger partial charge in [-0.15, -0.1) is 12.6 Å². The summed E-state index contributed by atoms with van der Waals surface area (Å²) < 4.78 is 3.85. The van der Waals surface area contributed by atoms with Gasteiger partial charge in [0.25, 0.3) is 0 Å². The van der Waals surface area contributed by atoms with E-state index >= 15 is 0 Å². The first kappa shape index (κ1) is 10.8. The minimum absolute atomic E-state index is 0.293. The van der Waals surface area contributed by atoms with Crippen LogP contribution in [0.15, 0.2) is 5.03 Å². The second-order valence-corrected chi connectivity index (χ2v) is 3.84. The van der Waals surface area contributed by atoms with Crippen molar-refractivity contribution in [2.45, 2.75) is 5.03 Å². The van der Waals surface area contributed by atoms with Gasteiger partial charge in [-0.2, -0.15) is 9.64 Å². The molecule has 0 radical (unpaired) electrons. The zero-order chi connectivity index (χ0) is 10.7. The number of nitrogens with one attached hydrogen (secondary N) is 1. The SMILES string of the molecule is CN(C)C(=O)Nc1snc(S)c1C#N. The molecule has 0 aliphatic carbocycles. The first-order valence-electron chi connectivity index (χ1n) is 3.63. The number of rotatable bonds is 1. The Kier molecular flexibility index (Phi) is 3.33. The van der Waals surface area contributed by atoms with E-state index in [0.29, 0.717) is 15.6 Å². The van der Waals surface area contributed by atoms with Gasteiger partial charge in [-0.05, 0) is 11.5 Å². The Morgan fingerprint density at radius 2 is 2.36 bits per heavy atom. The zero-order valence-corrected chi connectivity index (χ0v) is 9.32. The molecule has 74 valence electrons. The maximum atomic E-state index is 11.2. The van der Waals surface area contributed by atoms with Crippen LogP contribution >= 0.6 is 24.2 Å². The zero-order valence-electron chi connectivity index (χ0n) is 7.61. The van der Waals surface area contributed by atoms with E-state index in [1.54, 1.807) is 14.1 Å². The molecule has 0 atom stereocenters. The highest BCUT2D eigenvalue weighted by Crippen LogP contribution is 2.26. The molecule has 14 heavy (non-hydrogen) atoms. The van der Waals surface area contributed by atoms with Gasteiger partial charge in [0, 0.05) is 14.1 Å². The molecule has 0 bridgehead atoms. The number of carbonyl (C=O) groups is 1. The van der Waals surface area contributed by atoms with Gasteiger partial charge in [0.15, 0.2) is 0 Å². The summed E-state index contributed by atoms with van der Waals surface area (Å²) in [5, 5.41) is 12.1. The third-order valence-corrected chi connectivity index (χ3v) is 2.63. The quantitative estimate of drug-likeness (QED) is 0.714. The van der Waals surface area contributed by atoms with Gasteiger partial charge in [0.2, 0.25) is 0 Å². The maximum Gasteiger partial charge on any atom is 0.322 e. The number of thiol groups is 1. The van der Waals surface area contributed by atoms with Crippen molar-refractivity contribution >= 4 is 35.2 Å². The molecule has 5 nitrogen and oxygen atoms in total. The highest BCUT2D eigenvalue weighted by atomic mass is 32.1. The molecule has 7 heteroatoms. The first-order valence-corrected chi connectivity index (χ1v) is 4.85. The molecule has 1 aromatic heterocycles. The molecule has 0 aromatic carbocycles. The minimum atomic E-state index is -0.293. The van der Waals surface area contributed by atoms with Gasteiger partial charge in [0.1, 0.15) is 21.7 Å². The lowest BCUT2D eigenvalue weighted by atomic mass is 10.4. The molecule has 0 spiro atoms. The van der Waals surface area contributed by atoms with Gasteiger partial charge < -0.3 is 4.90 Å². The largest absolute Gasteiger partial charge is 0.331 e. The molecule has 0 unspecified atom stereocenters. The van der Waals surface area contributed by atoms with Gasteiger partial charge in [-0.1, -0.05) is 0 Å². The molecule has 0 aliphatic heterocycles. The Bertz CT molecular complexity index is 393. The van der Waals surface area contributed by atoms with Crippen molar-refractivity contribution in [3.8, 4) is 6.07 Å². The highest BCUT2D eigenvalue weighted by molar-refractivity contribution is 7.80. The lowest BCUT2D eigenvalue weighted by molar-refractivity contribution is 0.231. The number of aromatic nitrogens is 1. The number of nitrogens with zero attached hydrogens (tertiary/aromatic N) is 3. The topological polar surface area (TPSA) is 69.0 Å². The lowest BCUT2D eigenvalue weighted by Gasteiger charge is -2.09. The molecule has 0 fully saturated rings. The van der Waals surface area contributed by atoms with Crippen LogP contribution in [0.3, 0.4) is 0 Å². The van der Waals surface area contributed by atoms with Crippen molar-refractivity contribution in [3.05, 3.63) is 5.56 Å². The average Bonchev–Trinajstić information content (AvgIpc) is 2.46. The smallest absolute Gasteiger partial charge is 0.322 e. The fourth-order valence-electron chi connectivity index (χ4n) is 0.677. The second-order valence-electron chi connectivity index (χ2n) is 2.65. The van der Waals surface area contributed by atoms with Crippen LogP contribution in [-0.4, -0.2) is 29.4 Å². The van der Waals surface area contributed by atoms with E-state index in [1.807, 2.05) is 6.07 Å². The predicted molar refractivity (Wildman–Crippen MR) is 56.8 cm³/mol. The van der Waals surface area contributed by atoms with Crippen molar-refractivity contribution in [1.29, 1.82) is 5.26 Å². The summed E-state index contributed by atoms with van der Waals surface area (Å²) in [6, 6.07) is 1.63. The van der Waals surface area contributed by atoms with E-state index in [4.69, 9.17) is 5.26 Å². The first-order chi connectivity index (χ1) is 6.56. The van der Waals surface area contributed by atoms with E-state index < -0.39 is 0 Å². The molecule has 0 aliphatic rings. The summed E-state index contributed by atoms with van der Waals surface area (Å²) >= 11 is 5.02. The van der Waals surface area contributed by atoms with E-state index in [0.717, 1.165) is 11.5 Å². The third-order valence-electron chi connectivity index (χ3n) is 1.41. The number of hydrogen-bond donors (Lipinski definition) is 2. The summed E-state index contributed by atoms with van der Waals surface area (Å²) in [4.78, 5) is 12.6. The Labute approximate surface area is 90.9 Å². The Morgan fingerprint density at radius 3 is 2.86 bits per heavy atom. The average molecular weight is 228 g/mol. The molecule has 1 heterocycles. The van der Waals surface area contributed by atoms with Gasteiger partial charge >= 0.3 is 6.03 Å². The minimum Gasteiger partial charge on any atom is -0.331 e. The van der Waals surface area contributed by atoms with Gasteiger partial charge in [-0.3, -0.25) is 5.32 Å². The van der Waals surface area contributed by atoms with Crippen molar-refractivity contribution < 1.29 is 4.79 Å². The van der Waals surface area contributed by atoms with Crippen LogP contribution in [0.5, 0.6) is 0 Å². The van der Waals surface area contributed by atoms with Crippen molar-refractivity contribution in [2.75, 3.05) is 19.4 Å². The van der Waals surface area contributed by atoms with Crippen LogP contribution in [0.25, 0.3) is 0 Å². The van der Waals surface area contributed by atoms with E-state index in [1.165, 1.54) is 4.90 Å². The van der Waals surface area contributed by atoms with E-state index in [2.05, 4.69) is 22.3 Å². The summed E-state index contributed by atoms with van der Waals surface area (Å²) in [6.07, 6.45) is 0. The Balaban J connectivity index is 2.88. The monoisotopic (exact) mass is 228 g/mol. The van der Waals surface area contributed by atoms with Crippen molar-refractivity contribution in [3.63, 3.8) is 0 Å². The summed E-state index contributed by atoms with van der Waals surface area (Å²) in [5.41, 5.74) is 0.300. The molecule has 1 rings (SSSR count). The molecule has 0 saturated carbocycles. The predicted octanol–water partition coefficient (Wildman–Crippen LogP) is 1.40. The van der Waals surface area contributed by atoms with E-state index in [-0.39, 0.29) is 6.03 Å². The molecule has 1 aromatic rings. The third kappa shape index (κ3) is 2.16. The van der Waals surface area contributed by atoms with Crippen LogP contribution in [0.1, 0.15) is 5.56 Å². The van der Waals surface area contributed by atoms with Gasteiger partial charge in [0.05, 0.1) is 0 Å². The standard InChI is InChI=1S/C7H8N4OS2/c1-11(2)7(12)9-6-4(3-8)5(13)10-14-6/h1-2H3,(H,9,12)(H,10,13). The fraction of sp³-hybridized carbons (Fsp3) is 0.286. The normalized spacial score (nSPS) is 9.29. The maximum absolute atomic E-state index is 11.2. The Morgan fingerprint density at radius 1 is 1.71 bits per heavy atom. The molecule has 0 saturated heterocycles. The summed E-state index contributed by atoms with van der Waals surface area (Å²) in [7, 11) is 3.23. The Hall–Kier alpha value is -1.26. The summed E-state index contributed by atoms with van der Waals surface area (Å²) in [6.45, 7) is 0. The van der Waals surface area contributed by atoms with Crippen LogP contribution in [0.2, 0.25) is 0 Å². The fourth-order valence-corrected chi connectivity index (χ4v) is 1.67. The second kappa shape index (κ2) is 4.30. The lowest BCUT2D eigenvalue weighted by Crippen LogP contribution is -2.27. The number of hydrogen-bond acceptors (Lipinski definition) is 5. The van der Waals surface area contributed by atoms with Crippen LogP contribution in [0.4, 0.5) is 9.80 Å². The number of nitriles is 1. The van der Waals surface area contributed by atoms with Crippen LogP contribution < -0.4 is 5.32 Å². The molecule has 2 amide bonds. The van der Waals surface area contributed by atoms with Gasteiger partial charge in [-0.25, -0.2) is 4.79 Å². The number of carbonyl (C=O) groups excluding carboxylic acids is 1. The number of urea groups is 1. The highest BCUT2D eigenvalue weighted by Gasteiger charge is 2.13. The molecule has 1 N–H and O–H groups in total. The van der Waals surface area contributed by atoms with Crippen molar-refractivity contribution in [2.24, 2.45) is 0 Å².